The number of aryl methyl sites for hydroxylation is 3. The van der Waals surface area contributed by atoms with Crippen molar-refractivity contribution in [2.45, 2.75) is 27.3 Å². The van der Waals surface area contributed by atoms with Crippen LogP contribution in [0.4, 0.5) is 5.69 Å². The van der Waals surface area contributed by atoms with Crippen molar-refractivity contribution in [2.75, 3.05) is 12.4 Å². The molecule has 106 valence electrons. The Balaban J connectivity index is 2.21. The van der Waals surface area contributed by atoms with E-state index < -0.39 is 0 Å². The largest absolute Gasteiger partial charge is 0.497 e. The molecule has 3 heteroatoms. The zero-order valence-electron chi connectivity index (χ0n) is 12.4. The van der Waals surface area contributed by atoms with Crippen molar-refractivity contribution in [2.24, 2.45) is 0 Å². The molecule has 0 radical (unpaired) electrons. The Kier molecular flexibility index (Phi) is 4.56. The smallest absolute Gasteiger partial charge is 0.121 e. The average molecular weight is 290 g/mol. The van der Waals surface area contributed by atoms with Gasteiger partial charge in [-0.3, -0.25) is 0 Å². The normalized spacial score (nSPS) is 10.4. The third kappa shape index (κ3) is 3.26. The van der Waals surface area contributed by atoms with Crippen LogP contribution in [-0.4, -0.2) is 7.11 Å². The topological polar surface area (TPSA) is 21.3 Å². The van der Waals surface area contributed by atoms with Gasteiger partial charge in [-0.05, 0) is 49.6 Å². The lowest BCUT2D eigenvalue weighted by Gasteiger charge is -2.14. The number of benzene rings is 2. The summed E-state index contributed by atoms with van der Waals surface area (Å²) >= 11 is 6.21. The molecule has 2 aromatic rings. The molecule has 2 nitrogen and oxygen atoms in total. The highest BCUT2D eigenvalue weighted by Gasteiger charge is 2.06. The van der Waals surface area contributed by atoms with Crippen LogP contribution in [0.5, 0.6) is 5.75 Å². The van der Waals surface area contributed by atoms with Crippen molar-refractivity contribution in [3.63, 3.8) is 0 Å². The van der Waals surface area contributed by atoms with Crippen molar-refractivity contribution >= 4 is 17.3 Å². The molecule has 0 bridgehead atoms. The van der Waals surface area contributed by atoms with Gasteiger partial charge >= 0.3 is 0 Å². The van der Waals surface area contributed by atoms with Gasteiger partial charge in [-0.15, -0.1) is 0 Å². The lowest BCUT2D eigenvalue weighted by atomic mass is 10.00. The highest BCUT2D eigenvalue weighted by atomic mass is 35.5. The molecule has 0 heterocycles. The number of hydrogen-bond acceptors (Lipinski definition) is 2. The molecule has 2 aromatic carbocycles. The van der Waals surface area contributed by atoms with E-state index in [0.29, 0.717) is 5.02 Å². The molecule has 0 saturated carbocycles. The summed E-state index contributed by atoms with van der Waals surface area (Å²) in [7, 11) is 1.65. The van der Waals surface area contributed by atoms with Crippen molar-refractivity contribution in [1.29, 1.82) is 0 Å². The molecule has 20 heavy (non-hydrogen) atoms. The van der Waals surface area contributed by atoms with Crippen LogP contribution in [-0.2, 0) is 6.54 Å². The van der Waals surface area contributed by atoms with Gasteiger partial charge in [-0.2, -0.15) is 0 Å². The summed E-state index contributed by atoms with van der Waals surface area (Å²) in [6.45, 7) is 7.16. The van der Waals surface area contributed by atoms with Gasteiger partial charge in [0.05, 0.1) is 17.8 Å². The first-order valence-electron chi connectivity index (χ1n) is 6.65. The molecule has 0 aliphatic rings. The summed E-state index contributed by atoms with van der Waals surface area (Å²) < 4.78 is 5.23. The molecular weight excluding hydrogens is 270 g/mol. The van der Waals surface area contributed by atoms with Crippen molar-refractivity contribution in [3.8, 4) is 5.75 Å². The molecule has 0 aromatic heterocycles. The second-order valence-electron chi connectivity index (χ2n) is 5.08. The SMILES string of the molecule is COc1ccc(Cl)c(NCc2c(C)cc(C)cc2C)c1. The molecule has 2 rings (SSSR count). The van der Waals surface area contributed by atoms with Crippen LogP contribution in [0.3, 0.4) is 0 Å². The molecule has 0 fully saturated rings. The van der Waals surface area contributed by atoms with Gasteiger partial charge in [0.1, 0.15) is 5.75 Å². The highest BCUT2D eigenvalue weighted by molar-refractivity contribution is 6.33. The van der Waals surface area contributed by atoms with Crippen LogP contribution in [0, 0.1) is 20.8 Å². The fraction of sp³-hybridized carbons (Fsp3) is 0.294. The molecule has 1 N–H and O–H groups in total. The van der Waals surface area contributed by atoms with Crippen molar-refractivity contribution in [3.05, 3.63) is 57.6 Å². The number of rotatable bonds is 4. The van der Waals surface area contributed by atoms with Crippen molar-refractivity contribution in [1.82, 2.24) is 0 Å². The first-order valence-corrected chi connectivity index (χ1v) is 7.03. The van der Waals surface area contributed by atoms with Crippen LogP contribution in [0.2, 0.25) is 5.02 Å². The van der Waals surface area contributed by atoms with Gasteiger partial charge in [0.25, 0.3) is 0 Å². The van der Waals surface area contributed by atoms with Crippen LogP contribution in [0.25, 0.3) is 0 Å². The summed E-state index contributed by atoms with van der Waals surface area (Å²) in [5, 5.41) is 4.10. The number of methoxy groups -OCH3 is 1. The molecule has 0 aliphatic carbocycles. The van der Waals surface area contributed by atoms with E-state index in [1.54, 1.807) is 7.11 Å². The maximum Gasteiger partial charge on any atom is 0.121 e. The van der Waals surface area contributed by atoms with Crippen LogP contribution >= 0.6 is 11.6 Å². The van der Waals surface area contributed by atoms with Crippen LogP contribution < -0.4 is 10.1 Å². The predicted molar refractivity (Wildman–Crippen MR) is 86.0 cm³/mol. The van der Waals surface area contributed by atoms with E-state index in [2.05, 4.69) is 38.2 Å². The molecular formula is C17H20ClNO. The number of hydrogen-bond donors (Lipinski definition) is 1. The maximum absolute atomic E-state index is 6.21. The molecule has 0 spiro atoms. The van der Waals surface area contributed by atoms with Crippen LogP contribution in [0.15, 0.2) is 30.3 Å². The van der Waals surface area contributed by atoms with Gasteiger partial charge in [0.15, 0.2) is 0 Å². The first kappa shape index (κ1) is 14.7. The molecule has 0 saturated heterocycles. The summed E-state index contributed by atoms with van der Waals surface area (Å²) in [6.07, 6.45) is 0. The Bertz CT molecular complexity index is 599. The van der Waals surface area contributed by atoms with Crippen molar-refractivity contribution < 1.29 is 4.74 Å². The van der Waals surface area contributed by atoms with Gasteiger partial charge in [0, 0.05) is 12.6 Å². The predicted octanol–water partition coefficient (Wildman–Crippen LogP) is 4.89. The first-order chi connectivity index (χ1) is 9.51. The lowest BCUT2D eigenvalue weighted by Crippen LogP contribution is -2.04. The zero-order valence-corrected chi connectivity index (χ0v) is 13.1. The summed E-state index contributed by atoms with van der Waals surface area (Å²) in [5.74, 6) is 0.800. The molecule has 0 atom stereocenters. The van der Waals surface area contributed by atoms with E-state index in [1.165, 1.54) is 22.3 Å². The summed E-state index contributed by atoms with van der Waals surface area (Å²) in [4.78, 5) is 0. The van der Waals surface area contributed by atoms with E-state index in [9.17, 15) is 0 Å². The Morgan fingerprint density at radius 3 is 2.30 bits per heavy atom. The number of ether oxygens (including phenoxy) is 1. The van der Waals surface area contributed by atoms with Gasteiger partial charge < -0.3 is 10.1 Å². The molecule has 0 amide bonds. The average Bonchev–Trinajstić information content (AvgIpc) is 2.39. The van der Waals surface area contributed by atoms with Crippen LogP contribution in [0.1, 0.15) is 22.3 Å². The molecule has 0 unspecified atom stereocenters. The van der Waals surface area contributed by atoms with Gasteiger partial charge in [0.2, 0.25) is 0 Å². The van der Waals surface area contributed by atoms with Gasteiger partial charge in [-0.1, -0.05) is 29.3 Å². The maximum atomic E-state index is 6.21. The minimum absolute atomic E-state index is 0.702. The quantitative estimate of drug-likeness (QED) is 0.865. The van der Waals surface area contributed by atoms with E-state index in [4.69, 9.17) is 16.3 Å². The summed E-state index contributed by atoms with van der Waals surface area (Å²) in [5.41, 5.74) is 6.10. The lowest BCUT2D eigenvalue weighted by molar-refractivity contribution is 0.415. The standard InChI is InChI=1S/C17H20ClNO/c1-11-7-12(2)15(13(3)8-11)10-19-17-9-14(20-4)5-6-16(17)18/h5-9,19H,10H2,1-4H3. The number of anilines is 1. The summed E-state index contributed by atoms with van der Waals surface area (Å²) in [6, 6.07) is 10.0. The third-order valence-corrected chi connectivity index (χ3v) is 3.80. The fourth-order valence-corrected chi connectivity index (χ4v) is 2.62. The number of halogens is 1. The minimum atomic E-state index is 0.702. The van der Waals surface area contributed by atoms with Gasteiger partial charge in [-0.25, -0.2) is 0 Å². The third-order valence-electron chi connectivity index (χ3n) is 3.47. The van der Waals surface area contributed by atoms with E-state index in [0.717, 1.165) is 18.0 Å². The molecule has 0 aliphatic heterocycles. The fourth-order valence-electron chi connectivity index (χ4n) is 2.44. The monoisotopic (exact) mass is 289 g/mol. The Hall–Kier alpha value is -1.67. The highest BCUT2D eigenvalue weighted by Crippen LogP contribution is 2.27. The minimum Gasteiger partial charge on any atom is -0.497 e. The zero-order chi connectivity index (χ0) is 14.7. The second kappa shape index (κ2) is 6.19. The number of nitrogens with one attached hydrogen (secondary N) is 1. The second-order valence-corrected chi connectivity index (χ2v) is 5.48. The van der Waals surface area contributed by atoms with E-state index >= 15 is 0 Å². The van der Waals surface area contributed by atoms with E-state index in [-0.39, 0.29) is 0 Å². The Morgan fingerprint density at radius 1 is 1.05 bits per heavy atom. The Labute approximate surface area is 125 Å². The Morgan fingerprint density at radius 2 is 1.70 bits per heavy atom. The van der Waals surface area contributed by atoms with E-state index in [1.807, 2.05) is 18.2 Å².